The predicted molar refractivity (Wildman–Crippen MR) is 154 cm³/mol. The summed E-state index contributed by atoms with van der Waals surface area (Å²) in [6.07, 6.45) is 5.27. The minimum atomic E-state index is -0.197. The minimum Gasteiger partial charge on any atom is -0.455 e. The van der Waals surface area contributed by atoms with Gasteiger partial charge in [0, 0.05) is 33.6 Å². The second kappa shape index (κ2) is 8.35. The molecule has 0 bridgehead atoms. The van der Waals surface area contributed by atoms with Gasteiger partial charge in [-0.25, -0.2) is 9.50 Å². The van der Waals surface area contributed by atoms with E-state index >= 15 is 0 Å². The Hall–Kier alpha value is -4.81. The summed E-state index contributed by atoms with van der Waals surface area (Å²) in [4.78, 5) is 9.91. The Labute approximate surface area is 224 Å². The maximum atomic E-state index is 6.59. The molecule has 0 aliphatic heterocycles. The molecule has 0 atom stereocenters. The van der Waals surface area contributed by atoms with E-state index in [9.17, 15) is 0 Å². The third-order valence-electron chi connectivity index (χ3n) is 8.04. The van der Waals surface area contributed by atoms with Crippen LogP contribution in [0.4, 0.5) is 0 Å². The van der Waals surface area contributed by atoms with Crippen LogP contribution in [0.2, 0.25) is 0 Å². The Balaban J connectivity index is 1.30. The zero-order valence-electron chi connectivity index (χ0n) is 21.2. The van der Waals surface area contributed by atoms with E-state index in [2.05, 4.69) is 48.5 Å². The zero-order valence-corrected chi connectivity index (χ0v) is 21.2. The van der Waals surface area contributed by atoms with Gasteiger partial charge in [-0.2, -0.15) is 4.98 Å². The van der Waals surface area contributed by atoms with Crippen LogP contribution in [0.15, 0.2) is 108 Å². The summed E-state index contributed by atoms with van der Waals surface area (Å²) in [5, 5.41) is 6.98. The molecule has 6 heteroatoms. The SMILES string of the molecule is NC1(c2ccc(-c3nc4nc(-c5cccc6c5oc5ccccc56)nn4cc3-c3ccccc3)cc2)CCC1. The summed E-state index contributed by atoms with van der Waals surface area (Å²) in [5.41, 5.74) is 14.0. The molecule has 1 saturated carbocycles. The van der Waals surface area contributed by atoms with Gasteiger partial charge in [0.05, 0.1) is 11.3 Å². The maximum Gasteiger partial charge on any atom is 0.253 e. The largest absolute Gasteiger partial charge is 0.455 e. The number of furan rings is 1. The van der Waals surface area contributed by atoms with Gasteiger partial charge in [-0.05, 0) is 42.5 Å². The van der Waals surface area contributed by atoms with Crippen molar-refractivity contribution in [3.8, 4) is 33.8 Å². The van der Waals surface area contributed by atoms with Gasteiger partial charge in [-0.3, -0.25) is 0 Å². The first kappa shape index (κ1) is 22.2. The van der Waals surface area contributed by atoms with Crippen LogP contribution in [0.1, 0.15) is 24.8 Å². The molecule has 0 unspecified atom stereocenters. The van der Waals surface area contributed by atoms with E-state index in [1.807, 2.05) is 54.7 Å². The number of nitrogens with zero attached hydrogens (tertiary/aromatic N) is 4. The van der Waals surface area contributed by atoms with Gasteiger partial charge in [0.15, 0.2) is 5.82 Å². The molecule has 3 heterocycles. The third kappa shape index (κ3) is 3.49. The molecule has 4 aromatic carbocycles. The normalized spacial score (nSPS) is 14.7. The standard InChI is InChI=1S/C33H25N5O/c34-33(18-7-19-33)23-16-14-22(15-17-23)29-27(21-8-2-1-3-9-21)20-38-32(35-29)36-31(37-38)26-12-6-11-25-24-10-4-5-13-28(24)39-30(25)26/h1-6,8-17,20H,7,18-19,34H2. The Bertz CT molecular complexity index is 2000. The lowest BCUT2D eigenvalue weighted by atomic mass is 9.72. The number of hydrogen-bond donors (Lipinski definition) is 1. The molecule has 1 aliphatic rings. The molecule has 39 heavy (non-hydrogen) atoms. The molecule has 188 valence electrons. The lowest BCUT2D eigenvalue weighted by molar-refractivity contribution is 0.253. The molecule has 8 rings (SSSR count). The first-order chi connectivity index (χ1) is 19.2. The molecule has 3 aromatic heterocycles. The van der Waals surface area contributed by atoms with Crippen LogP contribution in [0.25, 0.3) is 61.5 Å². The number of aromatic nitrogens is 4. The van der Waals surface area contributed by atoms with Gasteiger partial charge < -0.3 is 10.2 Å². The van der Waals surface area contributed by atoms with Gasteiger partial charge in [-0.1, -0.05) is 84.9 Å². The summed E-state index contributed by atoms with van der Waals surface area (Å²) in [7, 11) is 0. The Kier molecular flexibility index (Phi) is 4.75. The van der Waals surface area contributed by atoms with E-state index in [1.165, 1.54) is 12.0 Å². The first-order valence-corrected chi connectivity index (χ1v) is 13.3. The number of para-hydroxylation sites is 2. The molecule has 2 N–H and O–H groups in total. The van der Waals surface area contributed by atoms with E-state index in [0.717, 1.165) is 62.7 Å². The molecule has 0 amide bonds. The van der Waals surface area contributed by atoms with Crippen molar-refractivity contribution < 1.29 is 4.42 Å². The maximum absolute atomic E-state index is 6.59. The summed E-state index contributed by atoms with van der Waals surface area (Å²) >= 11 is 0. The van der Waals surface area contributed by atoms with Gasteiger partial charge >= 0.3 is 0 Å². The lowest BCUT2D eigenvalue weighted by Crippen LogP contribution is -2.43. The summed E-state index contributed by atoms with van der Waals surface area (Å²) in [6, 6.07) is 33.0. The zero-order chi connectivity index (χ0) is 26.0. The van der Waals surface area contributed by atoms with Crippen molar-refractivity contribution in [3.05, 3.63) is 109 Å². The Morgan fingerprint density at radius 1 is 0.718 bits per heavy atom. The van der Waals surface area contributed by atoms with Crippen LogP contribution in [0, 0.1) is 0 Å². The third-order valence-corrected chi connectivity index (χ3v) is 8.04. The molecule has 1 aliphatic carbocycles. The van der Waals surface area contributed by atoms with Gasteiger partial charge in [-0.15, -0.1) is 5.10 Å². The van der Waals surface area contributed by atoms with Crippen molar-refractivity contribution in [1.29, 1.82) is 0 Å². The smallest absolute Gasteiger partial charge is 0.253 e. The number of hydrogen-bond acceptors (Lipinski definition) is 5. The van der Waals surface area contributed by atoms with Gasteiger partial charge in [0.25, 0.3) is 5.78 Å². The van der Waals surface area contributed by atoms with Crippen molar-refractivity contribution in [2.24, 2.45) is 5.73 Å². The molecule has 0 saturated heterocycles. The number of fused-ring (bicyclic) bond motifs is 4. The van der Waals surface area contributed by atoms with E-state index < -0.39 is 0 Å². The molecule has 0 spiro atoms. The lowest BCUT2D eigenvalue weighted by Gasteiger charge is -2.38. The Morgan fingerprint density at radius 2 is 1.49 bits per heavy atom. The topological polar surface area (TPSA) is 82.2 Å². The van der Waals surface area contributed by atoms with Crippen LogP contribution in [0.3, 0.4) is 0 Å². The highest BCUT2D eigenvalue weighted by Gasteiger charge is 2.34. The van der Waals surface area contributed by atoms with Crippen LogP contribution < -0.4 is 5.73 Å². The molecular formula is C33H25N5O. The number of benzene rings is 4. The van der Waals surface area contributed by atoms with Crippen molar-refractivity contribution >= 4 is 27.7 Å². The van der Waals surface area contributed by atoms with E-state index in [4.69, 9.17) is 25.2 Å². The molecular weight excluding hydrogens is 482 g/mol. The molecule has 6 nitrogen and oxygen atoms in total. The van der Waals surface area contributed by atoms with E-state index in [0.29, 0.717) is 11.6 Å². The van der Waals surface area contributed by atoms with E-state index in [1.54, 1.807) is 4.52 Å². The van der Waals surface area contributed by atoms with Crippen molar-refractivity contribution in [2.45, 2.75) is 24.8 Å². The fourth-order valence-corrected chi connectivity index (χ4v) is 5.71. The van der Waals surface area contributed by atoms with Gasteiger partial charge in [0.1, 0.15) is 11.2 Å². The van der Waals surface area contributed by atoms with Crippen LogP contribution in [-0.4, -0.2) is 19.6 Å². The first-order valence-electron chi connectivity index (χ1n) is 13.3. The van der Waals surface area contributed by atoms with Crippen LogP contribution in [-0.2, 0) is 5.54 Å². The fraction of sp³-hybridized carbons (Fsp3) is 0.121. The summed E-state index contributed by atoms with van der Waals surface area (Å²) < 4.78 is 8.02. The van der Waals surface area contributed by atoms with Crippen molar-refractivity contribution in [2.75, 3.05) is 0 Å². The highest BCUT2D eigenvalue weighted by Crippen LogP contribution is 2.40. The van der Waals surface area contributed by atoms with E-state index in [-0.39, 0.29) is 5.54 Å². The molecule has 7 aromatic rings. The van der Waals surface area contributed by atoms with Crippen LogP contribution >= 0.6 is 0 Å². The average Bonchev–Trinajstić information content (AvgIpc) is 3.57. The number of nitrogens with two attached hydrogens (primary N) is 1. The predicted octanol–water partition coefficient (Wildman–Crippen LogP) is 7.36. The highest BCUT2D eigenvalue weighted by molar-refractivity contribution is 6.09. The molecule has 1 fully saturated rings. The fourth-order valence-electron chi connectivity index (χ4n) is 5.71. The van der Waals surface area contributed by atoms with Crippen molar-refractivity contribution in [1.82, 2.24) is 19.6 Å². The highest BCUT2D eigenvalue weighted by atomic mass is 16.3. The quantitative estimate of drug-likeness (QED) is 0.269. The van der Waals surface area contributed by atoms with Crippen LogP contribution in [0.5, 0.6) is 0 Å². The summed E-state index contributed by atoms with van der Waals surface area (Å²) in [5.74, 6) is 1.11. The Morgan fingerprint density at radius 3 is 2.28 bits per heavy atom. The molecule has 0 radical (unpaired) electrons. The second-order valence-electron chi connectivity index (χ2n) is 10.4. The minimum absolute atomic E-state index is 0.197. The number of rotatable bonds is 4. The van der Waals surface area contributed by atoms with Crippen molar-refractivity contribution in [3.63, 3.8) is 0 Å². The summed E-state index contributed by atoms with van der Waals surface area (Å²) in [6.45, 7) is 0. The monoisotopic (exact) mass is 507 g/mol. The average molecular weight is 508 g/mol. The second-order valence-corrected chi connectivity index (χ2v) is 10.4. The van der Waals surface area contributed by atoms with Gasteiger partial charge in [0.2, 0.25) is 0 Å².